The third-order valence-electron chi connectivity index (χ3n) is 4.80. The molecule has 0 unspecified atom stereocenters. The van der Waals surface area contributed by atoms with Crippen LogP contribution in [0.25, 0.3) is 0 Å². The third-order valence-corrected chi connectivity index (χ3v) is 5.76. The molecule has 208 valence electrons. The summed E-state index contributed by atoms with van der Waals surface area (Å²) in [6.07, 6.45) is -11.2. The maximum absolute atomic E-state index is 13.9. The molecule has 0 aromatic heterocycles. The predicted octanol–water partition coefficient (Wildman–Crippen LogP) is 8.19. The second-order valence-electron chi connectivity index (χ2n) is 7.32. The molecule has 0 heterocycles. The van der Waals surface area contributed by atoms with E-state index in [1.165, 1.54) is 0 Å². The van der Waals surface area contributed by atoms with Gasteiger partial charge < -0.3 is 5.11 Å². The SMILES string of the molecule is O=C(O)C1=C(CCC=CCCC(F)(F)C(F)(F)C(F)(F)C(F)(F)C(F)(F)F)C(I)=CC(F)(F)C1(F)F. The van der Waals surface area contributed by atoms with Gasteiger partial charge in [0.1, 0.15) is 5.57 Å². The van der Waals surface area contributed by atoms with Gasteiger partial charge in [0.15, 0.2) is 0 Å². The van der Waals surface area contributed by atoms with Gasteiger partial charge in [-0.2, -0.15) is 65.9 Å². The van der Waals surface area contributed by atoms with Gasteiger partial charge in [-0.3, -0.25) is 0 Å². The predicted molar refractivity (Wildman–Crippen MR) is 100 cm³/mol. The minimum Gasteiger partial charge on any atom is -0.478 e. The van der Waals surface area contributed by atoms with Gasteiger partial charge in [0.25, 0.3) is 0 Å². The van der Waals surface area contributed by atoms with Gasteiger partial charge in [0, 0.05) is 16.1 Å². The fourth-order valence-electron chi connectivity index (χ4n) is 2.81. The third kappa shape index (κ3) is 5.46. The lowest BCUT2D eigenvalue weighted by Crippen LogP contribution is -2.66. The van der Waals surface area contributed by atoms with E-state index in [1.54, 1.807) is 0 Å². The summed E-state index contributed by atoms with van der Waals surface area (Å²) in [6, 6.07) is 0. The van der Waals surface area contributed by atoms with Crippen molar-refractivity contribution in [3.8, 4) is 0 Å². The molecule has 1 aliphatic carbocycles. The Morgan fingerprint density at radius 2 is 1.31 bits per heavy atom. The van der Waals surface area contributed by atoms with E-state index in [0.29, 0.717) is 6.08 Å². The minimum absolute atomic E-state index is 0.224. The zero-order valence-corrected chi connectivity index (χ0v) is 19.1. The number of carboxylic acids is 1. The molecular formula is C18H12F15IO2. The molecule has 1 N–H and O–H groups in total. The normalized spacial score (nSPS) is 19.6. The number of hydrogen-bond donors (Lipinski definition) is 1. The number of allylic oxidation sites excluding steroid dienone is 5. The van der Waals surface area contributed by atoms with Gasteiger partial charge in [-0.05, 0) is 47.4 Å². The number of carboxylic acid groups (broad SMARTS) is 1. The van der Waals surface area contributed by atoms with E-state index in [2.05, 4.69) is 0 Å². The van der Waals surface area contributed by atoms with Crippen molar-refractivity contribution in [2.75, 3.05) is 0 Å². The summed E-state index contributed by atoms with van der Waals surface area (Å²) in [5, 5.41) is 8.91. The van der Waals surface area contributed by atoms with Gasteiger partial charge in [-0.15, -0.1) is 0 Å². The standard InChI is InChI=1S/C18H12F15IO2/c19-12(20,15(25,26)16(27,28)17(29,30)18(31,32)33)6-4-2-1-3-5-8-9(34)7-13(21,22)14(23,24)10(8)11(35)36/h1-2,7H,3-6H2,(H,35,36). The lowest BCUT2D eigenvalue weighted by atomic mass is 9.89. The Morgan fingerprint density at radius 1 is 0.833 bits per heavy atom. The highest BCUT2D eigenvalue weighted by molar-refractivity contribution is 14.1. The fourth-order valence-corrected chi connectivity index (χ4v) is 3.74. The van der Waals surface area contributed by atoms with Crippen molar-refractivity contribution in [2.24, 2.45) is 0 Å². The maximum Gasteiger partial charge on any atom is 0.460 e. The number of carbonyl (C=O) groups is 1. The Balaban J connectivity index is 2.97. The van der Waals surface area contributed by atoms with Crippen LogP contribution in [0.15, 0.2) is 33.0 Å². The van der Waals surface area contributed by atoms with Crippen LogP contribution >= 0.6 is 22.6 Å². The van der Waals surface area contributed by atoms with Crippen molar-refractivity contribution in [3.05, 3.63) is 33.0 Å². The molecule has 2 nitrogen and oxygen atoms in total. The Hall–Kier alpha value is -1.63. The zero-order valence-electron chi connectivity index (χ0n) is 17.0. The van der Waals surface area contributed by atoms with E-state index in [4.69, 9.17) is 5.11 Å². The molecular weight excluding hydrogens is 660 g/mol. The van der Waals surface area contributed by atoms with E-state index in [-0.39, 0.29) is 6.08 Å². The summed E-state index contributed by atoms with van der Waals surface area (Å²) < 4.78 is 196. The summed E-state index contributed by atoms with van der Waals surface area (Å²) in [7, 11) is 0. The van der Waals surface area contributed by atoms with Crippen LogP contribution in [-0.4, -0.2) is 52.8 Å². The van der Waals surface area contributed by atoms with E-state index in [1.807, 2.05) is 0 Å². The summed E-state index contributed by atoms with van der Waals surface area (Å²) in [6.45, 7) is 0. The summed E-state index contributed by atoms with van der Waals surface area (Å²) >= 11 is 1.12. The van der Waals surface area contributed by atoms with Gasteiger partial charge in [0.05, 0.1) is 0 Å². The molecule has 36 heavy (non-hydrogen) atoms. The Labute approximate surface area is 205 Å². The average molecular weight is 672 g/mol. The number of rotatable bonds is 10. The molecule has 18 heteroatoms. The number of hydrogen-bond acceptors (Lipinski definition) is 1. The smallest absolute Gasteiger partial charge is 0.460 e. The first-order valence-electron chi connectivity index (χ1n) is 9.14. The first kappa shape index (κ1) is 32.4. The Morgan fingerprint density at radius 3 is 1.75 bits per heavy atom. The first-order chi connectivity index (χ1) is 15.8. The first-order valence-corrected chi connectivity index (χ1v) is 10.2. The summed E-state index contributed by atoms with van der Waals surface area (Å²) in [5.41, 5.74) is -2.75. The molecule has 0 aromatic rings. The minimum atomic E-state index is -7.54. The second kappa shape index (κ2) is 9.92. The van der Waals surface area contributed by atoms with E-state index >= 15 is 0 Å². The maximum atomic E-state index is 13.9. The zero-order chi connectivity index (χ0) is 28.8. The van der Waals surface area contributed by atoms with Crippen LogP contribution in [0.3, 0.4) is 0 Å². The van der Waals surface area contributed by atoms with E-state index in [9.17, 15) is 70.7 Å². The largest absolute Gasteiger partial charge is 0.478 e. The van der Waals surface area contributed by atoms with Crippen LogP contribution in [0.5, 0.6) is 0 Å². The Kier molecular flexibility index (Phi) is 8.93. The lowest BCUT2D eigenvalue weighted by molar-refractivity contribution is -0.422. The number of halogens is 16. The second-order valence-corrected chi connectivity index (χ2v) is 8.48. The van der Waals surface area contributed by atoms with Gasteiger partial charge in [0.2, 0.25) is 0 Å². The molecule has 0 saturated heterocycles. The van der Waals surface area contributed by atoms with Crippen molar-refractivity contribution in [3.63, 3.8) is 0 Å². The summed E-state index contributed by atoms with van der Waals surface area (Å²) in [5.74, 6) is -40.7. The highest BCUT2D eigenvalue weighted by atomic mass is 127. The average Bonchev–Trinajstić information content (AvgIpc) is 2.66. The molecule has 0 atom stereocenters. The van der Waals surface area contributed by atoms with Crippen LogP contribution in [-0.2, 0) is 4.79 Å². The van der Waals surface area contributed by atoms with Gasteiger partial charge in [-0.25, -0.2) is 4.79 Å². The molecule has 0 fully saturated rings. The van der Waals surface area contributed by atoms with Crippen molar-refractivity contribution in [1.29, 1.82) is 0 Å². The molecule has 1 rings (SSSR count). The van der Waals surface area contributed by atoms with Crippen LogP contribution in [0.2, 0.25) is 0 Å². The van der Waals surface area contributed by atoms with E-state index in [0.717, 1.165) is 28.7 Å². The fraction of sp³-hybridized carbons (Fsp3) is 0.611. The highest BCUT2D eigenvalue weighted by Gasteiger charge is 2.86. The van der Waals surface area contributed by atoms with E-state index < -0.39 is 88.1 Å². The molecule has 0 bridgehead atoms. The topological polar surface area (TPSA) is 37.3 Å². The lowest BCUT2D eigenvalue weighted by Gasteiger charge is -2.37. The van der Waals surface area contributed by atoms with Crippen molar-refractivity contribution in [2.45, 2.75) is 67.4 Å². The van der Waals surface area contributed by atoms with Gasteiger partial charge >= 0.3 is 47.7 Å². The molecule has 0 aromatic carbocycles. The van der Waals surface area contributed by atoms with Crippen LogP contribution in [0.1, 0.15) is 25.7 Å². The van der Waals surface area contributed by atoms with Crippen LogP contribution in [0, 0.1) is 0 Å². The van der Waals surface area contributed by atoms with Gasteiger partial charge in [-0.1, -0.05) is 12.2 Å². The van der Waals surface area contributed by atoms with Crippen LogP contribution in [0.4, 0.5) is 65.9 Å². The molecule has 0 radical (unpaired) electrons. The molecule has 0 saturated carbocycles. The quantitative estimate of drug-likeness (QED) is 0.145. The molecule has 0 amide bonds. The highest BCUT2D eigenvalue weighted by Crippen LogP contribution is 2.58. The van der Waals surface area contributed by atoms with Crippen LogP contribution < -0.4 is 0 Å². The Bertz CT molecular complexity index is 945. The van der Waals surface area contributed by atoms with Crippen molar-refractivity contribution in [1.82, 2.24) is 0 Å². The summed E-state index contributed by atoms with van der Waals surface area (Å²) in [4.78, 5) is 11.1. The number of alkyl halides is 15. The van der Waals surface area contributed by atoms with Crippen molar-refractivity contribution >= 4 is 28.6 Å². The molecule has 1 aliphatic rings. The molecule has 0 spiro atoms. The monoisotopic (exact) mass is 672 g/mol. The molecule has 0 aliphatic heterocycles. The van der Waals surface area contributed by atoms with Crippen molar-refractivity contribution < 1.29 is 75.8 Å². The number of aliphatic carboxylic acids is 1.